The van der Waals surface area contributed by atoms with Gasteiger partial charge < -0.3 is 19.9 Å². The number of nitrogens with one attached hydrogen (secondary N) is 1. The van der Waals surface area contributed by atoms with E-state index >= 15 is 0 Å². The standard InChI is InChI=1S/C27H29F4N3O3S/c1-19-12-15-38-24(19)17-34(16-20-4-8-22(28)9-5-20)25(35)18-33(13-3-14-37-2)26(36)32-23-10-6-21(7-11-23)27(29,30)31/h4-12,15H,3,13-14,16-18H2,1-2H3,(H,32,36). The molecule has 0 spiro atoms. The highest BCUT2D eigenvalue weighted by atomic mass is 32.1. The third kappa shape index (κ3) is 8.56. The highest BCUT2D eigenvalue weighted by Crippen LogP contribution is 2.30. The summed E-state index contributed by atoms with van der Waals surface area (Å²) in [6.07, 6.45) is -4.04. The Hall–Kier alpha value is -3.44. The second-order valence-corrected chi connectivity index (χ2v) is 9.68. The van der Waals surface area contributed by atoms with E-state index in [2.05, 4.69) is 5.32 Å². The highest BCUT2D eigenvalue weighted by Gasteiger charge is 2.30. The van der Waals surface area contributed by atoms with Crippen LogP contribution in [0.15, 0.2) is 60.0 Å². The number of halogens is 4. The van der Waals surface area contributed by atoms with Gasteiger partial charge >= 0.3 is 12.2 Å². The average Bonchev–Trinajstić information content (AvgIpc) is 3.28. The minimum absolute atomic E-state index is 0.171. The van der Waals surface area contributed by atoms with Gasteiger partial charge in [-0.3, -0.25) is 4.79 Å². The van der Waals surface area contributed by atoms with Crippen molar-refractivity contribution in [1.82, 2.24) is 9.80 Å². The Kier molecular flexibility index (Phi) is 10.3. The Morgan fingerprint density at radius 3 is 2.24 bits per heavy atom. The molecule has 3 amide bonds. The van der Waals surface area contributed by atoms with Crippen LogP contribution in [0.25, 0.3) is 0 Å². The van der Waals surface area contributed by atoms with Gasteiger partial charge in [0.1, 0.15) is 12.4 Å². The monoisotopic (exact) mass is 551 g/mol. The minimum Gasteiger partial charge on any atom is -0.385 e. The first-order valence-corrected chi connectivity index (χ1v) is 12.7. The van der Waals surface area contributed by atoms with Crippen molar-refractivity contribution in [1.29, 1.82) is 0 Å². The molecule has 0 aliphatic rings. The second kappa shape index (κ2) is 13.4. The fourth-order valence-corrected chi connectivity index (χ4v) is 4.56. The van der Waals surface area contributed by atoms with Crippen molar-refractivity contribution in [2.24, 2.45) is 0 Å². The Balaban J connectivity index is 1.77. The van der Waals surface area contributed by atoms with Gasteiger partial charge in [0.2, 0.25) is 5.91 Å². The summed E-state index contributed by atoms with van der Waals surface area (Å²) in [7, 11) is 1.52. The molecule has 38 heavy (non-hydrogen) atoms. The molecular formula is C27H29F4N3O3S. The summed E-state index contributed by atoms with van der Waals surface area (Å²) in [4.78, 5) is 30.4. The Bertz CT molecular complexity index is 1200. The molecule has 0 radical (unpaired) electrons. The van der Waals surface area contributed by atoms with Gasteiger partial charge in [-0.2, -0.15) is 13.2 Å². The lowest BCUT2D eigenvalue weighted by molar-refractivity contribution is -0.137. The molecule has 6 nitrogen and oxygen atoms in total. The van der Waals surface area contributed by atoms with Gasteiger partial charge in [-0.1, -0.05) is 12.1 Å². The number of anilines is 1. The summed E-state index contributed by atoms with van der Waals surface area (Å²) in [5.41, 5.74) is 1.10. The van der Waals surface area contributed by atoms with Crippen molar-refractivity contribution < 1.29 is 31.9 Å². The van der Waals surface area contributed by atoms with Crippen molar-refractivity contribution >= 4 is 29.0 Å². The number of aryl methyl sites for hydroxylation is 1. The van der Waals surface area contributed by atoms with Crippen LogP contribution in [-0.2, 0) is 28.8 Å². The highest BCUT2D eigenvalue weighted by molar-refractivity contribution is 7.10. The number of ether oxygens (including phenoxy) is 1. The summed E-state index contributed by atoms with van der Waals surface area (Å²) in [5, 5.41) is 4.50. The van der Waals surface area contributed by atoms with Gasteiger partial charge in [0, 0.05) is 37.4 Å². The van der Waals surface area contributed by atoms with Crippen LogP contribution < -0.4 is 5.32 Å². The van der Waals surface area contributed by atoms with E-state index in [4.69, 9.17) is 4.74 Å². The van der Waals surface area contributed by atoms with Crippen LogP contribution in [0.3, 0.4) is 0 Å². The third-order valence-corrected chi connectivity index (χ3v) is 6.80. The summed E-state index contributed by atoms with van der Waals surface area (Å²) >= 11 is 1.51. The summed E-state index contributed by atoms with van der Waals surface area (Å²) in [6, 6.07) is 11.3. The van der Waals surface area contributed by atoms with Gasteiger partial charge in [0.25, 0.3) is 0 Å². The van der Waals surface area contributed by atoms with E-state index in [1.165, 1.54) is 35.5 Å². The number of benzene rings is 2. The zero-order valence-corrected chi connectivity index (χ0v) is 21.9. The number of carbonyl (C=O) groups is 2. The number of rotatable bonds is 11. The number of methoxy groups -OCH3 is 1. The molecule has 1 aromatic heterocycles. The molecule has 0 fully saturated rings. The van der Waals surface area contributed by atoms with E-state index in [0.717, 1.165) is 40.3 Å². The van der Waals surface area contributed by atoms with E-state index in [-0.39, 0.29) is 37.0 Å². The third-order valence-electron chi connectivity index (χ3n) is 5.80. The minimum atomic E-state index is -4.49. The van der Waals surface area contributed by atoms with Gasteiger partial charge in [0.05, 0.1) is 12.1 Å². The number of nitrogens with zero attached hydrogens (tertiary/aromatic N) is 2. The summed E-state index contributed by atoms with van der Waals surface area (Å²) < 4.78 is 57.1. The number of carbonyl (C=O) groups excluding carboxylic acids is 2. The normalized spacial score (nSPS) is 11.3. The van der Waals surface area contributed by atoms with E-state index < -0.39 is 17.8 Å². The summed E-state index contributed by atoms with van der Waals surface area (Å²) in [5.74, 6) is -0.716. The number of amides is 3. The second-order valence-electron chi connectivity index (χ2n) is 8.68. The zero-order chi connectivity index (χ0) is 27.7. The molecular weight excluding hydrogens is 522 g/mol. The smallest absolute Gasteiger partial charge is 0.385 e. The van der Waals surface area contributed by atoms with Crippen molar-refractivity contribution in [2.75, 3.05) is 32.1 Å². The first-order valence-electron chi connectivity index (χ1n) is 11.8. The summed E-state index contributed by atoms with van der Waals surface area (Å²) in [6.45, 7) is 2.75. The number of alkyl halides is 3. The van der Waals surface area contributed by atoms with Gasteiger partial charge in [-0.25, -0.2) is 9.18 Å². The molecule has 3 rings (SSSR count). The van der Waals surface area contributed by atoms with Crippen LogP contribution in [0.4, 0.5) is 28.0 Å². The van der Waals surface area contributed by atoms with Crippen LogP contribution in [0.2, 0.25) is 0 Å². The molecule has 1 N–H and O–H groups in total. The van der Waals surface area contributed by atoms with Gasteiger partial charge in [-0.05, 0) is 72.3 Å². The molecule has 1 heterocycles. The number of thiophene rings is 1. The molecule has 0 bridgehead atoms. The van der Waals surface area contributed by atoms with Crippen molar-refractivity contribution in [3.05, 3.63) is 87.4 Å². The fourth-order valence-electron chi connectivity index (χ4n) is 3.64. The topological polar surface area (TPSA) is 61.9 Å². The molecule has 0 aliphatic carbocycles. The quantitative estimate of drug-likeness (QED) is 0.224. The van der Waals surface area contributed by atoms with Crippen LogP contribution >= 0.6 is 11.3 Å². The number of hydrogen-bond donors (Lipinski definition) is 1. The van der Waals surface area contributed by atoms with E-state index in [0.29, 0.717) is 19.6 Å². The van der Waals surface area contributed by atoms with Crippen molar-refractivity contribution in [2.45, 2.75) is 32.6 Å². The molecule has 0 atom stereocenters. The van der Waals surface area contributed by atoms with Crippen LogP contribution in [0.1, 0.15) is 28.0 Å². The first kappa shape index (κ1) is 29.1. The molecule has 3 aromatic rings. The molecule has 0 saturated heterocycles. The molecule has 2 aromatic carbocycles. The van der Waals surface area contributed by atoms with Crippen LogP contribution in [-0.4, -0.2) is 48.5 Å². The molecule has 204 valence electrons. The molecule has 0 saturated carbocycles. The molecule has 0 unspecified atom stereocenters. The predicted molar refractivity (Wildman–Crippen MR) is 138 cm³/mol. The molecule has 0 aliphatic heterocycles. The van der Waals surface area contributed by atoms with Crippen molar-refractivity contribution in [3.63, 3.8) is 0 Å². The van der Waals surface area contributed by atoms with Gasteiger partial charge in [-0.15, -0.1) is 11.3 Å². The van der Waals surface area contributed by atoms with Crippen LogP contribution in [0.5, 0.6) is 0 Å². The largest absolute Gasteiger partial charge is 0.416 e. The lowest BCUT2D eigenvalue weighted by Crippen LogP contribution is -2.44. The fraction of sp³-hybridized carbons (Fsp3) is 0.333. The zero-order valence-electron chi connectivity index (χ0n) is 21.1. The molecule has 11 heteroatoms. The Morgan fingerprint density at radius 1 is 0.974 bits per heavy atom. The maximum absolute atomic E-state index is 13.5. The Labute approximate surface area is 222 Å². The predicted octanol–water partition coefficient (Wildman–Crippen LogP) is 6.31. The van der Waals surface area contributed by atoms with E-state index in [9.17, 15) is 27.2 Å². The van der Waals surface area contributed by atoms with Crippen molar-refractivity contribution in [3.8, 4) is 0 Å². The van der Waals surface area contributed by atoms with Gasteiger partial charge in [0.15, 0.2) is 0 Å². The Morgan fingerprint density at radius 2 is 1.66 bits per heavy atom. The number of urea groups is 1. The van der Waals surface area contributed by atoms with E-state index in [1.807, 2.05) is 18.4 Å². The first-order chi connectivity index (χ1) is 18.1. The van der Waals surface area contributed by atoms with Crippen LogP contribution in [0, 0.1) is 12.7 Å². The maximum atomic E-state index is 13.5. The maximum Gasteiger partial charge on any atom is 0.416 e. The average molecular weight is 552 g/mol. The SMILES string of the molecule is COCCCN(CC(=O)N(Cc1ccc(F)cc1)Cc1sccc1C)C(=O)Nc1ccc(C(F)(F)F)cc1. The van der Waals surface area contributed by atoms with E-state index in [1.54, 1.807) is 17.0 Å². The lowest BCUT2D eigenvalue weighted by Gasteiger charge is -2.28. The number of hydrogen-bond acceptors (Lipinski definition) is 4. The lowest BCUT2D eigenvalue weighted by atomic mass is 10.2.